The molecule has 1 aromatic rings. The second-order valence-corrected chi connectivity index (χ2v) is 5.17. The molecule has 2 rings (SSSR count). The van der Waals surface area contributed by atoms with Gasteiger partial charge in [0.2, 0.25) is 0 Å². The van der Waals surface area contributed by atoms with Crippen molar-refractivity contribution in [1.29, 1.82) is 5.26 Å². The van der Waals surface area contributed by atoms with Crippen LogP contribution in [-0.4, -0.2) is 24.6 Å². The quantitative estimate of drug-likeness (QED) is 0.813. The van der Waals surface area contributed by atoms with Crippen LogP contribution in [0.5, 0.6) is 5.75 Å². The van der Waals surface area contributed by atoms with Gasteiger partial charge in [-0.3, -0.25) is 4.90 Å². The Kier molecular flexibility index (Phi) is 5.23. The topological polar surface area (TPSA) is 36.3 Å². The molecule has 1 fully saturated rings. The number of nitrogens with zero attached hydrogens (tertiary/aromatic N) is 2. The third-order valence-corrected chi connectivity index (χ3v) is 3.57. The molecule has 1 aliphatic rings. The largest absolute Gasteiger partial charge is 0.494 e. The van der Waals surface area contributed by atoms with Gasteiger partial charge in [0, 0.05) is 12.5 Å². The van der Waals surface area contributed by atoms with Crippen LogP contribution >= 0.6 is 0 Å². The fourth-order valence-corrected chi connectivity index (χ4v) is 2.39. The highest BCUT2D eigenvalue weighted by Crippen LogP contribution is 2.19. The second-order valence-electron chi connectivity index (χ2n) is 5.17. The van der Waals surface area contributed by atoms with Gasteiger partial charge in [-0.15, -0.1) is 0 Å². The molecule has 0 spiro atoms. The Bertz CT molecular complexity index is 413. The summed E-state index contributed by atoms with van der Waals surface area (Å²) in [5.74, 6) is 1.22. The Hall–Kier alpha value is -1.53. The number of hydrogen-bond acceptors (Lipinski definition) is 3. The highest BCUT2D eigenvalue weighted by Gasteiger charge is 2.18. The van der Waals surface area contributed by atoms with E-state index in [9.17, 15) is 0 Å². The maximum Gasteiger partial charge on any atom is 0.119 e. The Morgan fingerprint density at radius 3 is 2.53 bits per heavy atom. The zero-order valence-corrected chi connectivity index (χ0v) is 11.6. The average molecular weight is 258 g/mol. The molecule has 0 N–H and O–H groups in total. The lowest BCUT2D eigenvalue weighted by molar-refractivity contribution is 0.198. The zero-order valence-electron chi connectivity index (χ0n) is 11.6. The van der Waals surface area contributed by atoms with Gasteiger partial charge in [0.1, 0.15) is 5.75 Å². The summed E-state index contributed by atoms with van der Waals surface area (Å²) in [6.07, 6.45) is 3.05. The molecule has 0 saturated carbocycles. The van der Waals surface area contributed by atoms with E-state index in [0.29, 0.717) is 0 Å². The van der Waals surface area contributed by atoms with Gasteiger partial charge in [0.25, 0.3) is 0 Å². The van der Waals surface area contributed by atoms with Gasteiger partial charge < -0.3 is 4.74 Å². The van der Waals surface area contributed by atoms with Gasteiger partial charge in [-0.1, -0.05) is 19.1 Å². The molecular weight excluding hydrogens is 236 g/mol. The summed E-state index contributed by atoms with van der Waals surface area (Å²) in [5.41, 5.74) is 1.32. The monoisotopic (exact) mass is 258 g/mol. The van der Waals surface area contributed by atoms with Crippen molar-refractivity contribution in [3.05, 3.63) is 29.8 Å². The minimum atomic E-state index is 0.265. The zero-order chi connectivity index (χ0) is 13.5. The molecule has 0 unspecified atom stereocenters. The maximum atomic E-state index is 8.89. The van der Waals surface area contributed by atoms with E-state index in [1.807, 2.05) is 12.1 Å². The predicted octanol–water partition coefficient (Wildman–Crippen LogP) is 3.21. The summed E-state index contributed by atoms with van der Waals surface area (Å²) >= 11 is 0. The summed E-state index contributed by atoms with van der Waals surface area (Å²) < 4.78 is 5.58. The lowest BCUT2D eigenvalue weighted by Gasteiger charge is -2.29. The van der Waals surface area contributed by atoms with E-state index >= 15 is 0 Å². The smallest absolute Gasteiger partial charge is 0.119 e. The summed E-state index contributed by atoms with van der Waals surface area (Å²) in [6, 6.07) is 10.7. The van der Waals surface area contributed by atoms with Crippen molar-refractivity contribution in [2.45, 2.75) is 32.7 Å². The van der Waals surface area contributed by atoms with E-state index in [2.05, 4.69) is 30.0 Å². The highest BCUT2D eigenvalue weighted by atomic mass is 16.5. The molecule has 0 aliphatic carbocycles. The third kappa shape index (κ3) is 4.25. The Labute approximate surface area is 115 Å². The SMILES string of the molecule is CCCOc1ccc(CN2CCC(C#N)CC2)cc1. The van der Waals surface area contributed by atoms with Gasteiger partial charge in [-0.25, -0.2) is 0 Å². The lowest BCUT2D eigenvalue weighted by Crippen LogP contribution is -2.32. The normalized spacial score (nSPS) is 17.1. The summed E-state index contributed by atoms with van der Waals surface area (Å²) in [7, 11) is 0. The van der Waals surface area contributed by atoms with E-state index in [1.54, 1.807) is 0 Å². The molecule has 0 amide bonds. The fourth-order valence-electron chi connectivity index (χ4n) is 2.39. The Morgan fingerprint density at radius 1 is 1.26 bits per heavy atom. The third-order valence-electron chi connectivity index (χ3n) is 3.57. The van der Waals surface area contributed by atoms with Gasteiger partial charge in [-0.2, -0.15) is 5.26 Å². The first-order chi connectivity index (χ1) is 9.31. The molecule has 0 radical (unpaired) electrons. The Balaban J connectivity index is 1.81. The molecule has 3 nitrogen and oxygen atoms in total. The predicted molar refractivity (Wildman–Crippen MR) is 75.8 cm³/mol. The number of rotatable bonds is 5. The molecule has 102 valence electrons. The molecule has 1 aliphatic heterocycles. The minimum absolute atomic E-state index is 0.265. The van der Waals surface area contributed by atoms with Crippen molar-refractivity contribution in [3.8, 4) is 11.8 Å². The van der Waals surface area contributed by atoms with E-state index in [-0.39, 0.29) is 5.92 Å². The van der Waals surface area contributed by atoms with E-state index in [1.165, 1.54) is 5.56 Å². The molecule has 19 heavy (non-hydrogen) atoms. The minimum Gasteiger partial charge on any atom is -0.494 e. The van der Waals surface area contributed by atoms with Gasteiger partial charge in [0.05, 0.1) is 12.7 Å². The van der Waals surface area contributed by atoms with Crippen LogP contribution in [0.3, 0.4) is 0 Å². The fraction of sp³-hybridized carbons (Fsp3) is 0.562. The number of hydrogen-bond donors (Lipinski definition) is 0. The van der Waals surface area contributed by atoms with Gasteiger partial charge in [0.15, 0.2) is 0 Å². The van der Waals surface area contributed by atoms with Crippen LogP contribution < -0.4 is 4.74 Å². The first kappa shape index (κ1) is 13.9. The maximum absolute atomic E-state index is 8.89. The highest BCUT2D eigenvalue weighted by molar-refractivity contribution is 5.27. The van der Waals surface area contributed by atoms with Crippen LogP contribution in [0.1, 0.15) is 31.7 Å². The molecule has 3 heteroatoms. The molecule has 1 aromatic carbocycles. The molecule has 0 aromatic heterocycles. The molecule has 1 heterocycles. The van der Waals surface area contributed by atoms with Crippen molar-refractivity contribution >= 4 is 0 Å². The summed E-state index contributed by atoms with van der Waals surface area (Å²) in [6.45, 7) is 5.94. The van der Waals surface area contributed by atoms with Crippen LogP contribution in [0.2, 0.25) is 0 Å². The van der Waals surface area contributed by atoms with E-state index < -0.39 is 0 Å². The van der Waals surface area contributed by atoms with E-state index in [0.717, 1.165) is 51.3 Å². The van der Waals surface area contributed by atoms with Gasteiger partial charge in [-0.05, 0) is 50.0 Å². The molecule has 1 saturated heterocycles. The van der Waals surface area contributed by atoms with E-state index in [4.69, 9.17) is 10.00 Å². The second kappa shape index (κ2) is 7.16. The standard InChI is InChI=1S/C16H22N2O/c1-2-11-19-16-5-3-15(4-6-16)13-18-9-7-14(12-17)8-10-18/h3-6,14H,2,7-11,13H2,1H3. The summed E-state index contributed by atoms with van der Waals surface area (Å²) in [5, 5.41) is 8.89. The number of piperidine rings is 1. The van der Waals surface area contributed by atoms with Crippen molar-refractivity contribution < 1.29 is 4.74 Å². The average Bonchev–Trinajstić information content (AvgIpc) is 2.47. The number of nitriles is 1. The first-order valence-electron chi connectivity index (χ1n) is 7.15. The Morgan fingerprint density at radius 2 is 1.95 bits per heavy atom. The first-order valence-corrected chi connectivity index (χ1v) is 7.15. The van der Waals surface area contributed by atoms with Crippen molar-refractivity contribution in [3.63, 3.8) is 0 Å². The number of benzene rings is 1. The van der Waals surface area contributed by atoms with Crippen molar-refractivity contribution in [2.75, 3.05) is 19.7 Å². The molecular formula is C16H22N2O. The summed E-state index contributed by atoms with van der Waals surface area (Å²) in [4.78, 5) is 2.43. The van der Waals surface area contributed by atoms with Crippen molar-refractivity contribution in [1.82, 2.24) is 4.90 Å². The lowest BCUT2D eigenvalue weighted by atomic mass is 9.98. The van der Waals surface area contributed by atoms with Crippen LogP contribution in [0.15, 0.2) is 24.3 Å². The molecule has 0 atom stereocenters. The van der Waals surface area contributed by atoms with Crippen LogP contribution in [0.25, 0.3) is 0 Å². The van der Waals surface area contributed by atoms with Crippen LogP contribution in [-0.2, 0) is 6.54 Å². The van der Waals surface area contributed by atoms with Crippen LogP contribution in [0.4, 0.5) is 0 Å². The molecule has 0 bridgehead atoms. The van der Waals surface area contributed by atoms with Crippen LogP contribution in [0, 0.1) is 17.2 Å². The van der Waals surface area contributed by atoms with Crippen molar-refractivity contribution in [2.24, 2.45) is 5.92 Å². The van der Waals surface area contributed by atoms with Gasteiger partial charge >= 0.3 is 0 Å². The number of ether oxygens (including phenoxy) is 1. The number of likely N-dealkylation sites (tertiary alicyclic amines) is 1.